The van der Waals surface area contributed by atoms with Gasteiger partial charge in [0.2, 0.25) is 6.79 Å². The van der Waals surface area contributed by atoms with Gasteiger partial charge in [-0.05, 0) is 62.1 Å². The Kier molecular flexibility index (Phi) is 5.28. The Balaban J connectivity index is 1.40. The van der Waals surface area contributed by atoms with Crippen molar-refractivity contribution < 1.29 is 19.0 Å². The smallest absolute Gasteiger partial charge is 0.318 e. The molecule has 1 saturated heterocycles. The number of benzene rings is 2. The lowest BCUT2D eigenvalue weighted by Crippen LogP contribution is -2.39. The largest absolute Gasteiger partial charge is 0.491 e. The van der Waals surface area contributed by atoms with Gasteiger partial charge in [-0.2, -0.15) is 0 Å². The second-order valence-electron chi connectivity index (χ2n) is 7.44. The Morgan fingerprint density at radius 2 is 2.07 bits per heavy atom. The van der Waals surface area contributed by atoms with E-state index in [1.54, 1.807) is 0 Å². The van der Waals surface area contributed by atoms with Gasteiger partial charge in [-0.25, -0.2) is 4.79 Å². The highest BCUT2D eigenvalue weighted by molar-refractivity contribution is 5.75. The Morgan fingerprint density at radius 1 is 1.21 bits per heavy atom. The molecular formula is C22H26N2O4. The van der Waals surface area contributed by atoms with Crippen molar-refractivity contribution in [2.75, 3.05) is 13.3 Å². The Hall–Kier alpha value is -2.89. The Labute approximate surface area is 165 Å². The summed E-state index contributed by atoms with van der Waals surface area (Å²) < 4.78 is 16.6. The molecule has 28 heavy (non-hydrogen) atoms. The summed E-state index contributed by atoms with van der Waals surface area (Å²) in [7, 11) is 0. The summed E-state index contributed by atoms with van der Waals surface area (Å²) in [6, 6.07) is 13.8. The highest BCUT2D eigenvalue weighted by Gasteiger charge is 2.31. The number of nitrogens with one attached hydrogen (secondary N) is 1. The number of rotatable bonds is 5. The van der Waals surface area contributed by atoms with E-state index >= 15 is 0 Å². The normalized spacial score (nSPS) is 17.8. The fourth-order valence-electron chi connectivity index (χ4n) is 3.76. The van der Waals surface area contributed by atoms with E-state index in [0.29, 0.717) is 6.54 Å². The molecule has 1 N–H and O–H groups in total. The van der Waals surface area contributed by atoms with Crippen molar-refractivity contribution in [3.8, 4) is 17.2 Å². The second-order valence-corrected chi connectivity index (χ2v) is 7.44. The lowest BCUT2D eigenvalue weighted by atomic mass is 10.0. The SMILES string of the molecule is CC(C)Oc1cccc(CNC(=O)N2CCCC2c2ccc3c(c2)OCO3)c1. The van der Waals surface area contributed by atoms with Crippen molar-refractivity contribution >= 4 is 6.03 Å². The highest BCUT2D eigenvalue weighted by Crippen LogP contribution is 2.38. The van der Waals surface area contributed by atoms with Gasteiger partial charge in [0.1, 0.15) is 5.75 Å². The van der Waals surface area contributed by atoms with E-state index < -0.39 is 0 Å². The molecule has 2 aliphatic rings. The van der Waals surface area contributed by atoms with E-state index in [9.17, 15) is 4.79 Å². The monoisotopic (exact) mass is 382 g/mol. The van der Waals surface area contributed by atoms with E-state index in [1.165, 1.54) is 0 Å². The number of ether oxygens (including phenoxy) is 3. The average Bonchev–Trinajstić information content (AvgIpc) is 3.34. The average molecular weight is 382 g/mol. The van der Waals surface area contributed by atoms with Gasteiger partial charge < -0.3 is 24.4 Å². The van der Waals surface area contributed by atoms with Crippen LogP contribution in [0.2, 0.25) is 0 Å². The summed E-state index contributed by atoms with van der Waals surface area (Å²) in [6.07, 6.45) is 2.06. The van der Waals surface area contributed by atoms with Crippen LogP contribution < -0.4 is 19.5 Å². The summed E-state index contributed by atoms with van der Waals surface area (Å²) >= 11 is 0. The molecule has 0 radical (unpaired) electrons. The first-order valence-electron chi connectivity index (χ1n) is 9.80. The third-order valence-corrected chi connectivity index (χ3v) is 5.01. The molecule has 0 aliphatic carbocycles. The quantitative estimate of drug-likeness (QED) is 0.840. The molecule has 0 aromatic heterocycles. The molecule has 1 unspecified atom stereocenters. The zero-order valence-electron chi connectivity index (χ0n) is 16.3. The molecule has 1 atom stereocenters. The molecule has 2 amide bonds. The number of hydrogen-bond acceptors (Lipinski definition) is 4. The number of carbonyl (C=O) groups is 1. The van der Waals surface area contributed by atoms with Crippen LogP contribution >= 0.6 is 0 Å². The third-order valence-electron chi connectivity index (χ3n) is 5.01. The number of hydrogen-bond donors (Lipinski definition) is 1. The fourth-order valence-corrected chi connectivity index (χ4v) is 3.76. The van der Waals surface area contributed by atoms with E-state index in [4.69, 9.17) is 14.2 Å². The highest BCUT2D eigenvalue weighted by atomic mass is 16.7. The topological polar surface area (TPSA) is 60.0 Å². The standard InChI is InChI=1S/C22H26N2O4/c1-15(2)28-18-6-3-5-16(11-18)13-23-22(25)24-10-4-7-19(24)17-8-9-20-21(12-17)27-14-26-20/h3,5-6,8-9,11-12,15,19H,4,7,10,13-14H2,1-2H3,(H,23,25). The first-order valence-corrected chi connectivity index (χ1v) is 9.80. The minimum Gasteiger partial charge on any atom is -0.491 e. The van der Waals surface area contributed by atoms with Crippen molar-refractivity contribution in [2.45, 2.75) is 45.4 Å². The van der Waals surface area contributed by atoms with Gasteiger partial charge in [-0.3, -0.25) is 0 Å². The van der Waals surface area contributed by atoms with Gasteiger partial charge in [0.15, 0.2) is 11.5 Å². The second kappa shape index (κ2) is 8.00. The van der Waals surface area contributed by atoms with Gasteiger partial charge >= 0.3 is 6.03 Å². The lowest BCUT2D eigenvalue weighted by molar-refractivity contribution is 0.173. The molecular weight excluding hydrogens is 356 g/mol. The molecule has 2 aromatic rings. The first kappa shape index (κ1) is 18.5. The van der Waals surface area contributed by atoms with Gasteiger partial charge in [-0.15, -0.1) is 0 Å². The van der Waals surface area contributed by atoms with E-state index in [2.05, 4.69) is 5.32 Å². The zero-order valence-corrected chi connectivity index (χ0v) is 16.3. The van der Waals surface area contributed by atoms with Crippen molar-refractivity contribution in [2.24, 2.45) is 0 Å². The summed E-state index contributed by atoms with van der Waals surface area (Å²) in [4.78, 5) is 14.7. The summed E-state index contributed by atoms with van der Waals surface area (Å²) in [5.41, 5.74) is 2.11. The Bertz CT molecular complexity index is 852. The minimum absolute atomic E-state index is 0.0460. The van der Waals surface area contributed by atoms with Crippen LogP contribution in [0.3, 0.4) is 0 Å². The molecule has 0 bridgehead atoms. The van der Waals surface area contributed by atoms with E-state index in [-0.39, 0.29) is 25.0 Å². The maximum atomic E-state index is 12.8. The fraction of sp³-hybridized carbons (Fsp3) is 0.409. The van der Waals surface area contributed by atoms with Crippen molar-refractivity contribution in [1.82, 2.24) is 10.2 Å². The van der Waals surface area contributed by atoms with Crippen molar-refractivity contribution in [3.63, 3.8) is 0 Å². The molecule has 148 valence electrons. The van der Waals surface area contributed by atoms with Gasteiger partial charge in [0, 0.05) is 13.1 Å². The van der Waals surface area contributed by atoms with Crippen LogP contribution in [0.1, 0.15) is 43.9 Å². The maximum Gasteiger partial charge on any atom is 0.318 e. The number of amides is 2. The third kappa shape index (κ3) is 4.01. The molecule has 6 nitrogen and oxygen atoms in total. The molecule has 2 heterocycles. The van der Waals surface area contributed by atoms with Gasteiger partial charge in [0.25, 0.3) is 0 Å². The molecule has 4 rings (SSSR count). The molecule has 2 aliphatic heterocycles. The van der Waals surface area contributed by atoms with E-state index in [1.807, 2.05) is 61.2 Å². The van der Waals surface area contributed by atoms with Crippen LogP contribution in [0.25, 0.3) is 0 Å². The summed E-state index contributed by atoms with van der Waals surface area (Å²) in [5, 5.41) is 3.05. The number of nitrogens with zero attached hydrogens (tertiary/aromatic N) is 1. The van der Waals surface area contributed by atoms with Crippen LogP contribution in [0.15, 0.2) is 42.5 Å². The van der Waals surface area contributed by atoms with Crippen LogP contribution in [-0.2, 0) is 6.54 Å². The van der Waals surface area contributed by atoms with Crippen molar-refractivity contribution in [3.05, 3.63) is 53.6 Å². The molecule has 2 aromatic carbocycles. The van der Waals surface area contributed by atoms with Crippen LogP contribution in [0.4, 0.5) is 4.79 Å². The molecule has 0 saturated carbocycles. The molecule has 6 heteroatoms. The maximum absolute atomic E-state index is 12.8. The predicted molar refractivity (Wildman–Crippen MR) is 106 cm³/mol. The summed E-state index contributed by atoms with van der Waals surface area (Å²) in [6.45, 7) is 5.48. The Morgan fingerprint density at radius 3 is 2.93 bits per heavy atom. The number of carbonyl (C=O) groups excluding carboxylic acids is 1. The molecule has 1 fully saturated rings. The van der Waals surface area contributed by atoms with Crippen LogP contribution in [0.5, 0.6) is 17.2 Å². The van der Waals surface area contributed by atoms with E-state index in [0.717, 1.165) is 47.8 Å². The van der Waals surface area contributed by atoms with Crippen LogP contribution in [0, 0.1) is 0 Å². The first-order chi connectivity index (χ1) is 13.6. The predicted octanol–water partition coefficient (Wildman–Crippen LogP) is 4.25. The lowest BCUT2D eigenvalue weighted by Gasteiger charge is -2.25. The number of likely N-dealkylation sites (tertiary alicyclic amines) is 1. The molecule has 0 spiro atoms. The minimum atomic E-state index is -0.0460. The summed E-state index contributed by atoms with van der Waals surface area (Å²) in [5.74, 6) is 2.34. The number of urea groups is 1. The van der Waals surface area contributed by atoms with Crippen molar-refractivity contribution in [1.29, 1.82) is 0 Å². The number of fused-ring (bicyclic) bond motifs is 1. The van der Waals surface area contributed by atoms with Crippen LogP contribution in [-0.4, -0.2) is 30.4 Å². The zero-order chi connectivity index (χ0) is 19.5. The van der Waals surface area contributed by atoms with Gasteiger partial charge in [0.05, 0.1) is 12.1 Å². The van der Waals surface area contributed by atoms with Gasteiger partial charge in [-0.1, -0.05) is 18.2 Å².